The first-order valence-electron chi connectivity index (χ1n) is 8.76. The van der Waals surface area contributed by atoms with E-state index < -0.39 is 0 Å². The van der Waals surface area contributed by atoms with Crippen molar-refractivity contribution in [2.45, 2.75) is 46.1 Å². The van der Waals surface area contributed by atoms with Crippen LogP contribution >= 0.6 is 0 Å². The molecule has 2 rings (SSSR count). The molecular weight excluding hydrogens is 292 g/mol. The van der Waals surface area contributed by atoms with Crippen LogP contribution in [0.2, 0.25) is 0 Å². The van der Waals surface area contributed by atoms with Crippen molar-refractivity contribution in [3.05, 3.63) is 0 Å². The summed E-state index contributed by atoms with van der Waals surface area (Å²) in [6.07, 6.45) is 2.64. The number of amides is 2. The predicted molar refractivity (Wildman–Crippen MR) is 90.9 cm³/mol. The molecule has 6 nitrogen and oxygen atoms in total. The molecule has 0 radical (unpaired) electrons. The van der Waals surface area contributed by atoms with Crippen LogP contribution in [0, 0.1) is 5.41 Å². The number of likely N-dealkylation sites (tertiary alicyclic amines) is 1. The van der Waals surface area contributed by atoms with Gasteiger partial charge in [0, 0.05) is 46.2 Å². The van der Waals surface area contributed by atoms with Gasteiger partial charge in [-0.15, -0.1) is 0 Å². The molecular formula is C17H32N4O2. The molecule has 2 heterocycles. The second-order valence-corrected chi connectivity index (χ2v) is 7.96. The van der Waals surface area contributed by atoms with Crippen LogP contribution in [0.1, 0.15) is 40.0 Å². The summed E-state index contributed by atoms with van der Waals surface area (Å²) < 4.78 is 0. The molecule has 0 aromatic carbocycles. The highest BCUT2D eigenvalue weighted by Gasteiger charge is 2.32. The lowest BCUT2D eigenvalue weighted by Crippen LogP contribution is -2.54. The molecule has 132 valence electrons. The minimum atomic E-state index is 0.0144. The fraction of sp³-hybridized carbons (Fsp3) is 0.882. The van der Waals surface area contributed by atoms with Gasteiger partial charge >= 0.3 is 0 Å². The van der Waals surface area contributed by atoms with Crippen LogP contribution in [0.15, 0.2) is 0 Å². The molecule has 0 spiro atoms. The average molecular weight is 324 g/mol. The van der Waals surface area contributed by atoms with E-state index in [9.17, 15) is 9.59 Å². The number of nitrogens with one attached hydrogen (secondary N) is 1. The number of hydrogen-bond donors (Lipinski definition) is 1. The lowest BCUT2D eigenvalue weighted by Gasteiger charge is -2.38. The van der Waals surface area contributed by atoms with Crippen LogP contribution in [0.3, 0.4) is 0 Å². The first-order chi connectivity index (χ1) is 10.8. The Kier molecular flexibility index (Phi) is 6.03. The molecule has 0 unspecified atom stereocenters. The van der Waals surface area contributed by atoms with Crippen molar-refractivity contribution in [1.29, 1.82) is 0 Å². The van der Waals surface area contributed by atoms with Crippen LogP contribution in [0.4, 0.5) is 0 Å². The van der Waals surface area contributed by atoms with E-state index in [1.165, 1.54) is 0 Å². The van der Waals surface area contributed by atoms with Crippen molar-refractivity contribution in [2.75, 3.05) is 46.4 Å². The normalized spacial score (nSPS) is 24.0. The fourth-order valence-corrected chi connectivity index (χ4v) is 3.42. The van der Waals surface area contributed by atoms with E-state index in [1.54, 1.807) is 7.05 Å². The predicted octanol–water partition coefficient (Wildman–Crippen LogP) is 0.735. The molecule has 23 heavy (non-hydrogen) atoms. The molecule has 1 N–H and O–H groups in total. The summed E-state index contributed by atoms with van der Waals surface area (Å²) in [7, 11) is 1.71. The maximum atomic E-state index is 12.3. The Morgan fingerprint density at radius 3 is 2.30 bits per heavy atom. The summed E-state index contributed by atoms with van der Waals surface area (Å²) in [5, 5.41) is 2.77. The molecule has 1 atom stereocenters. The van der Waals surface area contributed by atoms with Crippen LogP contribution in [0.25, 0.3) is 0 Å². The Morgan fingerprint density at radius 1 is 1.09 bits per heavy atom. The summed E-state index contributed by atoms with van der Waals surface area (Å²) in [6, 6.07) is 0.0144. The van der Waals surface area contributed by atoms with Crippen LogP contribution in [0.5, 0.6) is 0 Å². The number of hydrogen-bond acceptors (Lipinski definition) is 4. The molecule has 0 saturated carbocycles. The third-order valence-corrected chi connectivity index (χ3v) is 4.70. The number of carbonyl (C=O) groups excluding carboxylic acids is 2. The van der Waals surface area contributed by atoms with Gasteiger partial charge in [0.1, 0.15) is 0 Å². The molecule has 0 aromatic rings. The Balaban J connectivity index is 1.78. The fourth-order valence-electron chi connectivity index (χ4n) is 3.42. The van der Waals surface area contributed by atoms with E-state index in [1.807, 2.05) is 4.90 Å². The Morgan fingerprint density at radius 2 is 1.74 bits per heavy atom. The van der Waals surface area contributed by atoms with Crippen molar-refractivity contribution in [2.24, 2.45) is 5.41 Å². The maximum absolute atomic E-state index is 12.3. The Labute approximate surface area is 140 Å². The summed E-state index contributed by atoms with van der Waals surface area (Å²) in [6.45, 7) is 11.5. The third-order valence-electron chi connectivity index (χ3n) is 4.70. The van der Waals surface area contributed by atoms with E-state index in [-0.39, 0.29) is 23.3 Å². The van der Waals surface area contributed by atoms with Gasteiger partial charge in [-0.05, 0) is 18.3 Å². The molecule has 0 aliphatic carbocycles. The van der Waals surface area contributed by atoms with Gasteiger partial charge in [-0.25, -0.2) is 0 Å². The summed E-state index contributed by atoms with van der Waals surface area (Å²) in [5.74, 6) is 0.392. The van der Waals surface area contributed by atoms with Crippen LogP contribution in [-0.2, 0) is 9.59 Å². The average Bonchev–Trinajstić information content (AvgIpc) is 2.93. The van der Waals surface area contributed by atoms with E-state index in [0.717, 1.165) is 52.2 Å². The highest BCUT2D eigenvalue weighted by molar-refractivity contribution is 5.81. The molecule has 2 amide bonds. The lowest BCUT2D eigenvalue weighted by atomic mass is 9.91. The quantitative estimate of drug-likeness (QED) is 0.828. The zero-order chi connectivity index (χ0) is 17.0. The second-order valence-electron chi connectivity index (χ2n) is 7.96. The van der Waals surface area contributed by atoms with Gasteiger partial charge in [0.05, 0.1) is 12.7 Å². The van der Waals surface area contributed by atoms with Gasteiger partial charge in [0.15, 0.2) is 0 Å². The topological polar surface area (TPSA) is 55.9 Å². The molecule has 0 bridgehead atoms. The van der Waals surface area contributed by atoms with Crippen molar-refractivity contribution >= 4 is 11.8 Å². The molecule has 2 fully saturated rings. The van der Waals surface area contributed by atoms with E-state index in [4.69, 9.17) is 0 Å². The number of rotatable bonds is 4. The van der Waals surface area contributed by atoms with Gasteiger partial charge < -0.3 is 10.2 Å². The largest absolute Gasteiger partial charge is 0.358 e. The van der Waals surface area contributed by atoms with Crippen LogP contribution in [-0.4, -0.2) is 79.0 Å². The van der Waals surface area contributed by atoms with Gasteiger partial charge in [-0.2, -0.15) is 0 Å². The zero-order valence-electron chi connectivity index (χ0n) is 15.1. The van der Waals surface area contributed by atoms with E-state index in [0.29, 0.717) is 6.42 Å². The standard InChI is InChI=1S/C17H32N4O2/c1-17(2,3)12-15(22)20-10-8-19(9-11-20)13-21-7-5-6-14(21)16(23)18-4/h14H,5-13H2,1-4H3,(H,18,23)/t14-/m0/s1. The van der Waals surface area contributed by atoms with Crippen molar-refractivity contribution < 1.29 is 9.59 Å². The zero-order valence-corrected chi connectivity index (χ0v) is 15.1. The Bertz CT molecular complexity index is 425. The second kappa shape index (κ2) is 7.62. The number of nitrogens with zero attached hydrogens (tertiary/aromatic N) is 3. The van der Waals surface area contributed by atoms with Crippen molar-refractivity contribution in [3.8, 4) is 0 Å². The van der Waals surface area contributed by atoms with E-state index >= 15 is 0 Å². The highest BCUT2D eigenvalue weighted by Crippen LogP contribution is 2.21. The third kappa shape index (κ3) is 5.18. The van der Waals surface area contributed by atoms with Gasteiger partial charge in [0.25, 0.3) is 0 Å². The summed E-state index contributed by atoms with van der Waals surface area (Å²) >= 11 is 0. The minimum Gasteiger partial charge on any atom is -0.358 e. The number of likely N-dealkylation sites (N-methyl/N-ethyl adjacent to an activating group) is 1. The first kappa shape index (κ1) is 18.2. The van der Waals surface area contributed by atoms with Crippen molar-refractivity contribution in [1.82, 2.24) is 20.0 Å². The van der Waals surface area contributed by atoms with Crippen molar-refractivity contribution in [3.63, 3.8) is 0 Å². The lowest BCUT2D eigenvalue weighted by molar-refractivity contribution is -0.135. The molecule has 2 aliphatic rings. The monoisotopic (exact) mass is 324 g/mol. The van der Waals surface area contributed by atoms with Gasteiger partial charge in [0.2, 0.25) is 11.8 Å². The highest BCUT2D eigenvalue weighted by atomic mass is 16.2. The maximum Gasteiger partial charge on any atom is 0.237 e. The van der Waals surface area contributed by atoms with Gasteiger partial charge in [-0.3, -0.25) is 19.4 Å². The molecule has 2 aliphatic heterocycles. The minimum absolute atomic E-state index is 0.0144. The SMILES string of the molecule is CNC(=O)[C@@H]1CCCN1CN1CCN(C(=O)CC(C)(C)C)CC1. The molecule has 2 saturated heterocycles. The number of carbonyl (C=O) groups is 2. The first-order valence-corrected chi connectivity index (χ1v) is 8.76. The smallest absolute Gasteiger partial charge is 0.237 e. The molecule has 6 heteroatoms. The molecule has 0 aromatic heterocycles. The summed E-state index contributed by atoms with van der Waals surface area (Å²) in [4.78, 5) is 30.8. The number of piperazine rings is 1. The van der Waals surface area contributed by atoms with Crippen LogP contribution < -0.4 is 5.32 Å². The summed E-state index contributed by atoms with van der Waals surface area (Å²) in [5.41, 5.74) is 0.0461. The van der Waals surface area contributed by atoms with E-state index in [2.05, 4.69) is 35.9 Å². The Hall–Kier alpha value is -1.14. The van der Waals surface area contributed by atoms with Gasteiger partial charge in [-0.1, -0.05) is 20.8 Å².